The monoisotopic (exact) mass is 230 g/mol. The van der Waals surface area contributed by atoms with Gasteiger partial charge in [0.05, 0.1) is 13.1 Å². The number of amides is 1. The fraction of sp³-hybridized carbons (Fsp3) is 0.400. The van der Waals surface area contributed by atoms with Crippen molar-refractivity contribution in [3.05, 3.63) is 24.5 Å². The molecule has 0 aliphatic rings. The molecule has 0 spiro atoms. The first-order valence-corrected chi connectivity index (χ1v) is 4.75. The van der Waals surface area contributed by atoms with E-state index in [1.807, 2.05) is 13.8 Å². The van der Waals surface area contributed by atoms with Crippen molar-refractivity contribution < 1.29 is 9.36 Å². The molecule has 4 nitrogen and oxygen atoms in total. The smallest absolute Gasteiger partial charge is 0.399 e. The van der Waals surface area contributed by atoms with E-state index < -0.39 is 0 Å². The summed E-state index contributed by atoms with van der Waals surface area (Å²) >= 11 is 0. The van der Waals surface area contributed by atoms with Gasteiger partial charge in [0, 0.05) is 17.8 Å². The largest absolute Gasteiger partial charge is 0.497 e. The number of hydrogen-bond donors (Lipinski definition) is 1. The lowest BCUT2D eigenvalue weighted by molar-refractivity contribution is -0.578. The number of nitrogens with two attached hydrogens (primary N) is 1. The van der Waals surface area contributed by atoms with Crippen LogP contribution in [0.2, 0.25) is 0 Å². The average Bonchev–Trinajstić information content (AvgIpc) is 2.20. The Bertz CT molecular complexity index is 309. The summed E-state index contributed by atoms with van der Waals surface area (Å²) < 4.78 is 1.53. The van der Waals surface area contributed by atoms with Crippen LogP contribution in [-0.4, -0.2) is 24.0 Å². The van der Waals surface area contributed by atoms with Crippen LogP contribution in [0.25, 0.3) is 0 Å². The van der Waals surface area contributed by atoms with Crippen molar-refractivity contribution >= 4 is 24.1 Å². The number of carbonyl (C=O) groups excluding carboxylic acids is 1. The minimum Gasteiger partial charge on any atom is -0.399 e. The number of pyridine rings is 1. The molecule has 1 heterocycles. The van der Waals surface area contributed by atoms with Crippen LogP contribution in [0.5, 0.6) is 0 Å². The Morgan fingerprint density at radius 2 is 1.80 bits per heavy atom. The summed E-state index contributed by atoms with van der Waals surface area (Å²) in [6.45, 7) is 5.35. The second-order valence-corrected chi connectivity index (χ2v) is 2.99. The van der Waals surface area contributed by atoms with Gasteiger partial charge in [-0.3, -0.25) is 0 Å². The van der Waals surface area contributed by atoms with Crippen molar-refractivity contribution in [2.24, 2.45) is 0 Å². The molecular formula is C10H17ClN3O+. The molecule has 0 saturated heterocycles. The van der Waals surface area contributed by atoms with E-state index in [2.05, 4.69) is 0 Å². The number of nitrogen functional groups attached to an aromatic ring is 1. The van der Waals surface area contributed by atoms with Crippen molar-refractivity contribution in [3.63, 3.8) is 0 Å². The van der Waals surface area contributed by atoms with Crippen molar-refractivity contribution in [1.29, 1.82) is 0 Å². The lowest BCUT2D eigenvalue weighted by Crippen LogP contribution is -2.51. The van der Waals surface area contributed by atoms with Gasteiger partial charge in [-0.2, -0.15) is 9.36 Å². The van der Waals surface area contributed by atoms with Crippen molar-refractivity contribution in [2.75, 3.05) is 18.8 Å². The summed E-state index contributed by atoms with van der Waals surface area (Å²) in [5.74, 6) is 0. The molecule has 0 saturated carbocycles. The van der Waals surface area contributed by atoms with Crippen LogP contribution in [0.15, 0.2) is 24.5 Å². The number of carbonyl (C=O) groups is 1. The molecule has 0 aliphatic heterocycles. The molecule has 1 aromatic rings. The Morgan fingerprint density at radius 1 is 1.33 bits per heavy atom. The zero-order chi connectivity index (χ0) is 10.6. The third kappa shape index (κ3) is 3.40. The molecule has 0 unspecified atom stereocenters. The number of aromatic nitrogens is 1. The molecular weight excluding hydrogens is 214 g/mol. The molecule has 0 atom stereocenters. The maximum Gasteiger partial charge on any atom is 0.497 e. The molecule has 0 aromatic carbocycles. The fourth-order valence-corrected chi connectivity index (χ4v) is 1.22. The van der Waals surface area contributed by atoms with Gasteiger partial charge in [-0.25, -0.2) is 4.90 Å². The predicted molar refractivity (Wildman–Crippen MR) is 62.0 cm³/mol. The molecule has 0 radical (unpaired) electrons. The van der Waals surface area contributed by atoms with Crippen molar-refractivity contribution in [1.82, 2.24) is 4.90 Å². The van der Waals surface area contributed by atoms with E-state index in [4.69, 9.17) is 5.73 Å². The van der Waals surface area contributed by atoms with Crippen LogP contribution in [0.3, 0.4) is 0 Å². The molecule has 5 heteroatoms. The zero-order valence-corrected chi connectivity index (χ0v) is 9.83. The highest BCUT2D eigenvalue weighted by Crippen LogP contribution is 1.95. The minimum absolute atomic E-state index is 0. The standard InChI is InChI=1S/C10H15N3O.ClH/c1-3-12(4-2)10(14)13-7-5-9(11)6-8-13;/h5-8,11H,3-4H2,1-2H3;1H/p+1. The predicted octanol–water partition coefficient (Wildman–Crippen LogP) is 1.29. The molecule has 15 heavy (non-hydrogen) atoms. The van der Waals surface area contributed by atoms with E-state index in [0.717, 1.165) is 0 Å². The molecule has 1 amide bonds. The average molecular weight is 231 g/mol. The Hall–Kier alpha value is -1.29. The van der Waals surface area contributed by atoms with Crippen LogP contribution < -0.4 is 10.3 Å². The van der Waals surface area contributed by atoms with Gasteiger partial charge in [0.1, 0.15) is 12.4 Å². The van der Waals surface area contributed by atoms with Gasteiger partial charge in [0.25, 0.3) is 0 Å². The van der Waals surface area contributed by atoms with Crippen molar-refractivity contribution in [2.45, 2.75) is 13.8 Å². The van der Waals surface area contributed by atoms with Gasteiger partial charge < -0.3 is 5.73 Å². The molecule has 2 N–H and O–H groups in total. The Kier molecular flexibility index (Phi) is 5.70. The molecule has 1 rings (SSSR count). The van der Waals surface area contributed by atoms with Gasteiger partial charge in [-0.15, -0.1) is 12.4 Å². The summed E-state index contributed by atoms with van der Waals surface area (Å²) in [5, 5.41) is 0. The molecule has 1 aromatic heterocycles. The van der Waals surface area contributed by atoms with Gasteiger partial charge >= 0.3 is 6.03 Å². The van der Waals surface area contributed by atoms with E-state index in [0.29, 0.717) is 18.8 Å². The van der Waals surface area contributed by atoms with E-state index >= 15 is 0 Å². The molecule has 0 aliphatic carbocycles. The highest BCUT2D eigenvalue weighted by atomic mass is 35.5. The number of rotatable bonds is 2. The van der Waals surface area contributed by atoms with E-state index in [1.54, 1.807) is 29.4 Å². The number of halogens is 1. The summed E-state index contributed by atoms with van der Waals surface area (Å²) in [5.41, 5.74) is 6.19. The number of nitrogens with zero attached hydrogens (tertiary/aromatic N) is 2. The maximum atomic E-state index is 11.8. The van der Waals surface area contributed by atoms with Gasteiger partial charge in [0.2, 0.25) is 0 Å². The zero-order valence-electron chi connectivity index (χ0n) is 9.01. The van der Waals surface area contributed by atoms with Crippen LogP contribution in [0, 0.1) is 0 Å². The molecule has 0 fully saturated rings. The second-order valence-electron chi connectivity index (χ2n) is 2.99. The highest BCUT2D eigenvalue weighted by molar-refractivity contribution is 5.85. The van der Waals surface area contributed by atoms with Gasteiger partial charge in [0.15, 0.2) is 0 Å². The first-order chi connectivity index (χ1) is 6.69. The van der Waals surface area contributed by atoms with Crippen LogP contribution in [-0.2, 0) is 0 Å². The Labute approximate surface area is 96.1 Å². The topological polar surface area (TPSA) is 50.2 Å². The van der Waals surface area contributed by atoms with E-state index in [-0.39, 0.29) is 18.4 Å². The normalized spacial score (nSPS) is 9.20. The summed E-state index contributed by atoms with van der Waals surface area (Å²) in [7, 11) is 0. The number of anilines is 1. The van der Waals surface area contributed by atoms with Crippen LogP contribution in [0.4, 0.5) is 10.5 Å². The quantitative estimate of drug-likeness (QED) is 0.779. The molecule has 84 valence electrons. The number of hydrogen-bond acceptors (Lipinski definition) is 2. The summed E-state index contributed by atoms with van der Waals surface area (Å²) in [4.78, 5) is 13.5. The third-order valence-electron chi connectivity index (χ3n) is 2.11. The van der Waals surface area contributed by atoms with Gasteiger partial charge in [-0.1, -0.05) is 0 Å². The maximum absolute atomic E-state index is 11.8. The minimum atomic E-state index is -0.0185. The van der Waals surface area contributed by atoms with Crippen LogP contribution >= 0.6 is 12.4 Å². The highest BCUT2D eigenvalue weighted by Gasteiger charge is 2.20. The van der Waals surface area contributed by atoms with E-state index in [9.17, 15) is 4.79 Å². The summed E-state index contributed by atoms with van der Waals surface area (Å²) in [6, 6.07) is 3.40. The SMILES string of the molecule is CCN(CC)C(=O)[n+]1ccc(N)cc1.Cl. The lowest BCUT2D eigenvalue weighted by atomic mass is 10.4. The van der Waals surface area contributed by atoms with Crippen molar-refractivity contribution in [3.8, 4) is 0 Å². The fourth-order valence-electron chi connectivity index (χ4n) is 1.22. The molecule has 0 bridgehead atoms. The first-order valence-electron chi connectivity index (χ1n) is 4.75. The Morgan fingerprint density at radius 3 is 2.20 bits per heavy atom. The Balaban J connectivity index is 0.00000196. The summed E-state index contributed by atoms with van der Waals surface area (Å²) in [6.07, 6.45) is 3.35. The first kappa shape index (κ1) is 13.7. The van der Waals surface area contributed by atoms with E-state index in [1.165, 1.54) is 4.57 Å². The third-order valence-corrected chi connectivity index (χ3v) is 2.11. The lowest BCUT2D eigenvalue weighted by Gasteiger charge is -2.10. The van der Waals surface area contributed by atoms with Crippen LogP contribution in [0.1, 0.15) is 13.8 Å². The second kappa shape index (κ2) is 6.24. The van der Waals surface area contributed by atoms with Gasteiger partial charge in [-0.05, 0) is 13.8 Å².